The molecule has 16 heavy (non-hydrogen) atoms. The first-order valence-electron chi connectivity index (χ1n) is 6.74. The van der Waals surface area contributed by atoms with Gasteiger partial charge in [-0.1, -0.05) is 19.1 Å². The van der Waals surface area contributed by atoms with E-state index >= 15 is 0 Å². The maximum Gasteiger partial charge on any atom is 0.0575 e. The van der Waals surface area contributed by atoms with Gasteiger partial charge in [-0.3, -0.25) is 0 Å². The van der Waals surface area contributed by atoms with E-state index in [9.17, 15) is 0 Å². The molecule has 0 aromatic rings. The molecular formula is C14H27NO. The second kappa shape index (κ2) is 7.86. The van der Waals surface area contributed by atoms with Crippen LogP contribution in [0, 0.1) is 0 Å². The average molecular weight is 225 g/mol. The Labute approximate surface area is 100 Å². The number of ether oxygens (including phenoxy) is 1. The van der Waals surface area contributed by atoms with Crippen molar-refractivity contribution >= 4 is 0 Å². The van der Waals surface area contributed by atoms with E-state index in [2.05, 4.69) is 25.7 Å². The number of hydrogen-bond acceptors (Lipinski definition) is 2. The molecule has 0 bridgehead atoms. The van der Waals surface area contributed by atoms with Crippen molar-refractivity contribution in [2.45, 2.75) is 64.5 Å². The highest BCUT2D eigenvalue weighted by Crippen LogP contribution is 2.19. The molecule has 2 unspecified atom stereocenters. The summed E-state index contributed by atoms with van der Waals surface area (Å²) < 4.78 is 5.76. The average Bonchev–Trinajstić information content (AvgIpc) is 2.30. The van der Waals surface area contributed by atoms with Gasteiger partial charge in [-0.05, 0) is 52.0 Å². The summed E-state index contributed by atoms with van der Waals surface area (Å²) in [5.41, 5.74) is 1.25. The Bertz CT molecular complexity index is 197. The molecule has 0 aromatic heterocycles. The van der Waals surface area contributed by atoms with E-state index in [0.717, 1.165) is 13.2 Å². The summed E-state index contributed by atoms with van der Waals surface area (Å²) in [6.07, 6.45) is 7.85. The molecule has 1 rings (SSSR count). The lowest BCUT2D eigenvalue weighted by Crippen LogP contribution is -2.32. The second-order valence-electron chi connectivity index (χ2n) is 4.92. The summed E-state index contributed by atoms with van der Waals surface area (Å²) in [6, 6.07) is 0.477. The van der Waals surface area contributed by atoms with Crippen molar-refractivity contribution in [1.29, 1.82) is 0 Å². The van der Waals surface area contributed by atoms with Crippen LogP contribution in [0.15, 0.2) is 12.2 Å². The lowest BCUT2D eigenvalue weighted by atomic mass is 9.98. The number of hydrogen-bond donors (Lipinski definition) is 1. The van der Waals surface area contributed by atoms with E-state index in [1.165, 1.54) is 44.1 Å². The van der Waals surface area contributed by atoms with Gasteiger partial charge in [-0.25, -0.2) is 0 Å². The fourth-order valence-corrected chi connectivity index (χ4v) is 2.23. The third kappa shape index (κ3) is 5.13. The summed E-state index contributed by atoms with van der Waals surface area (Å²) in [6.45, 7) is 10.4. The summed E-state index contributed by atoms with van der Waals surface area (Å²) in [7, 11) is 0. The predicted octanol–water partition coefficient (Wildman–Crippen LogP) is 3.28. The van der Waals surface area contributed by atoms with Crippen LogP contribution in [0.5, 0.6) is 0 Å². The quantitative estimate of drug-likeness (QED) is 0.671. The summed E-state index contributed by atoms with van der Waals surface area (Å²) in [4.78, 5) is 0. The minimum Gasteiger partial charge on any atom is -0.378 e. The lowest BCUT2D eigenvalue weighted by molar-refractivity contribution is 0.00913. The minimum absolute atomic E-state index is 0.477. The van der Waals surface area contributed by atoms with E-state index in [1.54, 1.807) is 0 Å². The molecule has 2 atom stereocenters. The Hall–Kier alpha value is -0.340. The fraction of sp³-hybridized carbons (Fsp3) is 0.857. The van der Waals surface area contributed by atoms with Gasteiger partial charge in [0.05, 0.1) is 6.10 Å². The van der Waals surface area contributed by atoms with Gasteiger partial charge < -0.3 is 10.1 Å². The van der Waals surface area contributed by atoms with Gasteiger partial charge in [0.25, 0.3) is 0 Å². The molecule has 1 heterocycles. The number of rotatable bonds is 7. The zero-order valence-electron chi connectivity index (χ0n) is 10.9. The van der Waals surface area contributed by atoms with Crippen molar-refractivity contribution in [3.8, 4) is 0 Å². The molecule has 0 saturated carbocycles. The van der Waals surface area contributed by atoms with Crippen LogP contribution in [0.3, 0.4) is 0 Å². The fourth-order valence-electron chi connectivity index (χ4n) is 2.23. The molecule has 1 aliphatic heterocycles. The molecule has 0 aromatic carbocycles. The highest BCUT2D eigenvalue weighted by molar-refractivity contribution is 5.01. The monoisotopic (exact) mass is 225 g/mol. The van der Waals surface area contributed by atoms with E-state index in [1.807, 2.05) is 0 Å². The Morgan fingerprint density at radius 1 is 1.50 bits per heavy atom. The topological polar surface area (TPSA) is 21.3 Å². The van der Waals surface area contributed by atoms with Crippen LogP contribution in [0.4, 0.5) is 0 Å². The van der Waals surface area contributed by atoms with Crippen LogP contribution in [0.2, 0.25) is 0 Å². The molecular weight excluding hydrogens is 198 g/mol. The standard InChI is InChI=1S/C14H27NO/c1-4-10-15-14(12(2)3)9-8-13-7-5-6-11-16-13/h13-15H,2,4-11H2,1,3H3. The van der Waals surface area contributed by atoms with Crippen LogP contribution < -0.4 is 5.32 Å². The normalized spacial score (nSPS) is 23.0. The van der Waals surface area contributed by atoms with Gasteiger partial charge in [0.2, 0.25) is 0 Å². The Kier molecular flexibility index (Phi) is 6.74. The smallest absolute Gasteiger partial charge is 0.0575 e. The maximum atomic E-state index is 5.76. The molecule has 1 aliphatic rings. The van der Waals surface area contributed by atoms with Crippen molar-refractivity contribution in [2.24, 2.45) is 0 Å². The van der Waals surface area contributed by atoms with Crippen molar-refractivity contribution in [3.63, 3.8) is 0 Å². The van der Waals surface area contributed by atoms with Crippen molar-refractivity contribution in [2.75, 3.05) is 13.2 Å². The molecule has 1 N–H and O–H groups in total. The van der Waals surface area contributed by atoms with E-state index in [0.29, 0.717) is 12.1 Å². The largest absolute Gasteiger partial charge is 0.378 e. The molecule has 94 valence electrons. The predicted molar refractivity (Wildman–Crippen MR) is 69.7 cm³/mol. The molecule has 1 saturated heterocycles. The van der Waals surface area contributed by atoms with Crippen LogP contribution in [0.1, 0.15) is 52.4 Å². The molecule has 1 fully saturated rings. The molecule has 0 spiro atoms. The Morgan fingerprint density at radius 2 is 2.31 bits per heavy atom. The van der Waals surface area contributed by atoms with Crippen LogP contribution in [0.25, 0.3) is 0 Å². The van der Waals surface area contributed by atoms with Gasteiger partial charge in [-0.2, -0.15) is 0 Å². The number of nitrogens with one attached hydrogen (secondary N) is 1. The molecule has 0 aliphatic carbocycles. The highest BCUT2D eigenvalue weighted by Gasteiger charge is 2.16. The Morgan fingerprint density at radius 3 is 2.88 bits per heavy atom. The summed E-state index contributed by atoms with van der Waals surface area (Å²) in [5, 5.41) is 3.55. The lowest BCUT2D eigenvalue weighted by Gasteiger charge is -2.25. The highest BCUT2D eigenvalue weighted by atomic mass is 16.5. The third-order valence-corrected chi connectivity index (χ3v) is 3.29. The third-order valence-electron chi connectivity index (χ3n) is 3.29. The van der Waals surface area contributed by atoms with E-state index in [-0.39, 0.29) is 0 Å². The van der Waals surface area contributed by atoms with Crippen molar-refractivity contribution < 1.29 is 4.74 Å². The maximum absolute atomic E-state index is 5.76. The second-order valence-corrected chi connectivity index (χ2v) is 4.92. The first-order chi connectivity index (χ1) is 7.74. The van der Waals surface area contributed by atoms with Crippen LogP contribution in [-0.2, 0) is 4.74 Å². The molecule has 2 nitrogen and oxygen atoms in total. The molecule has 0 amide bonds. The van der Waals surface area contributed by atoms with Gasteiger partial charge in [0.1, 0.15) is 0 Å². The van der Waals surface area contributed by atoms with Gasteiger partial charge in [-0.15, -0.1) is 0 Å². The van der Waals surface area contributed by atoms with E-state index in [4.69, 9.17) is 4.74 Å². The van der Waals surface area contributed by atoms with E-state index < -0.39 is 0 Å². The first-order valence-corrected chi connectivity index (χ1v) is 6.74. The zero-order valence-corrected chi connectivity index (χ0v) is 10.9. The summed E-state index contributed by atoms with van der Waals surface area (Å²) >= 11 is 0. The van der Waals surface area contributed by atoms with Gasteiger partial charge in [0.15, 0.2) is 0 Å². The minimum atomic E-state index is 0.477. The molecule has 0 radical (unpaired) electrons. The summed E-state index contributed by atoms with van der Waals surface area (Å²) in [5.74, 6) is 0. The molecule has 2 heteroatoms. The van der Waals surface area contributed by atoms with Gasteiger partial charge >= 0.3 is 0 Å². The van der Waals surface area contributed by atoms with Crippen LogP contribution >= 0.6 is 0 Å². The SMILES string of the molecule is C=C(C)C(CCC1CCCCO1)NCCC. The van der Waals surface area contributed by atoms with Crippen LogP contribution in [-0.4, -0.2) is 25.3 Å². The Balaban J connectivity index is 2.22. The van der Waals surface area contributed by atoms with Gasteiger partial charge in [0, 0.05) is 12.6 Å². The van der Waals surface area contributed by atoms with Crippen molar-refractivity contribution in [3.05, 3.63) is 12.2 Å². The van der Waals surface area contributed by atoms with Crippen molar-refractivity contribution in [1.82, 2.24) is 5.32 Å². The first kappa shape index (κ1) is 13.7. The zero-order chi connectivity index (χ0) is 11.8.